The molecule has 2 rings (SSSR count). The molecule has 0 aromatic heterocycles. The van der Waals surface area contributed by atoms with Gasteiger partial charge in [0.05, 0.1) is 14.2 Å². The lowest BCUT2D eigenvalue weighted by Crippen LogP contribution is -2.48. The molecule has 0 aliphatic carbocycles. The van der Waals surface area contributed by atoms with Crippen LogP contribution in [0, 0.1) is 0 Å². The van der Waals surface area contributed by atoms with E-state index in [2.05, 4.69) is 0 Å². The number of carboxylic acids is 1. The van der Waals surface area contributed by atoms with Crippen molar-refractivity contribution in [1.29, 1.82) is 0 Å². The molecule has 2 N–H and O–H groups in total. The van der Waals surface area contributed by atoms with E-state index in [-0.39, 0.29) is 6.54 Å². The van der Waals surface area contributed by atoms with Crippen LogP contribution in [0.1, 0.15) is 18.1 Å². The van der Waals surface area contributed by atoms with Gasteiger partial charge in [-0.05, 0) is 36.6 Å². The summed E-state index contributed by atoms with van der Waals surface area (Å²) in [5.74, 6) is 0.144. The SMILES string of the molecule is COc1cc2c(cc1OC)CN(CC(C)(O)C(=O)O)CC2. The van der Waals surface area contributed by atoms with Crippen LogP contribution in [0.25, 0.3) is 0 Å². The molecule has 1 aliphatic rings. The van der Waals surface area contributed by atoms with E-state index in [0.717, 1.165) is 12.0 Å². The molecule has 0 amide bonds. The fourth-order valence-electron chi connectivity index (χ4n) is 2.58. The predicted octanol–water partition coefficient (Wildman–Crippen LogP) is 0.897. The number of methoxy groups -OCH3 is 2. The fourth-order valence-corrected chi connectivity index (χ4v) is 2.58. The highest BCUT2D eigenvalue weighted by Crippen LogP contribution is 2.33. The molecule has 0 saturated carbocycles. The first-order valence-electron chi connectivity index (χ1n) is 6.79. The molecule has 1 aliphatic heterocycles. The van der Waals surface area contributed by atoms with E-state index in [9.17, 15) is 9.90 Å². The number of ether oxygens (including phenoxy) is 2. The smallest absolute Gasteiger partial charge is 0.336 e. The summed E-state index contributed by atoms with van der Waals surface area (Å²) in [6, 6.07) is 3.87. The molecule has 21 heavy (non-hydrogen) atoms. The lowest BCUT2D eigenvalue weighted by atomic mass is 9.97. The summed E-state index contributed by atoms with van der Waals surface area (Å²) in [5.41, 5.74) is 0.493. The Hall–Kier alpha value is -1.79. The van der Waals surface area contributed by atoms with Gasteiger partial charge in [0, 0.05) is 19.6 Å². The van der Waals surface area contributed by atoms with E-state index >= 15 is 0 Å². The monoisotopic (exact) mass is 295 g/mol. The lowest BCUT2D eigenvalue weighted by Gasteiger charge is -2.33. The third kappa shape index (κ3) is 3.28. The summed E-state index contributed by atoms with van der Waals surface area (Å²) >= 11 is 0. The van der Waals surface area contributed by atoms with Crippen LogP contribution in [0.5, 0.6) is 11.5 Å². The third-order valence-corrected chi connectivity index (χ3v) is 3.79. The normalized spacial score (nSPS) is 17.7. The average Bonchev–Trinajstić information content (AvgIpc) is 2.45. The van der Waals surface area contributed by atoms with Crippen LogP contribution in [0.15, 0.2) is 12.1 Å². The number of fused-ring (bicyclic) bond motifs is 1. The molecule has 0 bridgehead atoms. The number of aliphatic carboxylic acids is 1. The van der Waals surface area contributed by atoms with Crippen LogP contribution in [-0.2, 0) is 17.8 Å². The zero-order valence-corrected chi connectivity index (χ0v) is 12.5. The minimum absolute atomic E-state index is 0.0934. The van der Waals surface area contributed by atoms with Crippen molar-refractivity contribution in [3.8, 4) is 11.5 Å². The van der Waals surface area contributed by atoms with E-state index in [1.807, 2.05) is 17.0 Å². The second-order valence-electron chi connectivity index (χ2n) is 5.52. The Balaban J connectivity index is 2.18. The number of β-amino-alcohol motifs (C(OH)–C–C–N with tert-alkyl or cyclic N) is 1. The van der Waals surface area contributed by atoms with Crippen LogP contribution in [0.4, 0.5) is 0 Å². The number of nitrogens with zero attached hydrogens (tertiary/aromatic N) is 1. The van der Waals surface area contributed by atoms with Gasteiger partial charge in [-0.1, -0.05) is 0 Å². The van der Waals surface area contributed by atoms with Crippen molar-refractivity contribution in [2.75, 3.05) is 27.3 Å². The Morgan fingerprint density at radius 3 is 2.38 bits per heavy atom. The minimum Gasteiger partial charge on any atom is -0.493 e. The maximum atomic E-state index is 11.0. The van der Waals surface area contributed by atoms with Crippen LogP contribution in [-0.4, -0.2) is 54.0 Å². The molecule has 0 radical (unpaired) electrons. The third-order valence-electron chi connectivity index (χ3n) is 3.79. The number of carboxylic acid groups (broad SMARTS) is 1. The van der Waals surface area contributed by atoms with Gasteiger partial charge in [-0.3, -0.25) is 4.90 Å². The summed E-state index contributed by atoms with van der Waals surface area (Å²) in [5, 5.41) is 18.9. The molecule has 1 aromatic carbocycles. The van der Waals surface area contributed by atoms with Gasteiger partial charge in [-0.25, -0.2) is 4.79 Å². The Morgan fingerprint density at radius 1 is 1.29 bits per heavy atom. The van der Waals surface area contributed by atoms with Crippen LogP contribution in [0.3, 0.4) is 0 Å². The predicted molar refractivity (Wildman–Crippen MR) is 76.8 cm³/mol. The van der Waals surface area contributed by atoms with Crippen molar-refractivity contribution in [3.05, 3.63) is 23.3 Å². The second-order valence-corrected chi connectivity index (χ2v) is 5.52. The van der Waals surface area contributed by atoms with Crippen molar-refractivity contribution >= 4 is 5.97 Å². The Kier molecular flexibility index (Phi) is 4.39. The molecule has 0 saturated heterocycles. The molecule has 6 heteroatoms. The Morgan fingerprint density at radius 2 is 1.86 bits per heavy atom. The highest BCUT2D eigenvalue weighted by atomic mass is 16.5. The zero-order chi connectivity index (χ0) is 15.6. The first-order chi connectivity index (χ1) is 9.87. The summed E-state index contributed by atoms with van der Waals surface area (Å²) in [4.78, 5) is 12.9. The Labute approximate surface area is 123 Å². The summed E-state index contributed by atoms with van der Waals surface area (Å²) in [6.07, 6.45) is 0.783. The topological polar surface area (TPSA) is 79.2 Å². The summed E-state index contributed by atoms with van der Waals surface area (Å²) < 4.78 is 10.6. The van der Waals surface area contributed by atoms with Crippen molar-refractivity contribution in [1.82, 2.24) is 4.90 Å². The van der Waals surface area contributed by atoms with Gasteiger partial charge in [-0.15, -0.1) is 0 Å². The number of carbonyl (C=O) groups is 1. The molecule has 116 valence electrons. The van der Waals surface area contributed by atoms with Gasteiger partial charge in [0.2, 0.25) is 0 Å². The van der Waals surface area contributed by atoms with E-state index in [1.54, 1.807) is 14.2 Å². The van der Waals surface area contributed by atoms with Crippen LogP contribution >= 0.6 is 0 Å². The minimum atomic E-state index is -1.74. The molecule has 0 spiro atoms. The first-order valence-corrected chi connectivity index (χ1v) is 6.79. The fraction of sp³-hybridized carbons (Fsp3) is 0.533. The highest BCUT2D eigenvalue weighted by Gasteiger charge is 2.33. The van der Waals surface area contributed by atoms with Crippen LogP contribution in [0.2, 0.25) is 0 Å². The van der Waals surface area contributed by atoms with Gasteiger partial charge in [0.15, 0.2) is 17.1 Å². The number of aliphatic hydroxyl groups is 1. The number of benzene rings is 1. The lowest BCUT2D eigenvalue weighted by molar-refractivity contribution is -0.158. The highest BCUT2D eigenvalue weighted by molar-refractivity contribution is 5.76. The van der Waals surface area contributed by atoms with E-state index < -0.39 is 11.6 Å². The molecule has 6 nitrogen and oxygen atoms in total. The van der Waals surface area contributed by atoms with Crippen LogP contribution < -0.4 is 9.47 Å². The summed E-state index contributed by atoms with van der Waals surface area (Å²) in [6.45, 7) is 2.70. The quantitative estimate of drug-likeness (QED) is 0.840. The average molecular weight is 295 g/mol. The standard InChI is InChI=1S/C15H21NO5/c1-15(19,14(17)18)9-16-5-4-10-6-12(20-2)13(21-3)7-11(10)8-16/h6-7,19H,4-5,8-9H2,1-3H3,(H,17,18). The number of rotatable bonds is 5. The van der Waals surface area contributed by atoms with Crippen molar-refractivity contribution in [2.45, 2.75) is 25.5 Å². The largest absolute Gasteiger partial charge is 0.493 e. The second kappa shape index (κ2) is 5.91. The van der Waals surface area contributed by atoms with Gasteiger partial charge < -0.3 is 19.7 Å². The van der Waals surface area contributed by atoms with Gasteiger partial charge >= 0.3 is 5.97 Å². The zero-order valence-electron chi connectivity index (χ0n) is 12.5. The molecular weight excluding hydrogens is 274 g/mol. The number of hydrogen-bond donors (Lipinski definition) is 2. The van der Waals surface area contributed by atoms with E-state index in [1.165, 1.54) is 12.5 Å². The molecule has 1 atom stereocenters. The van der Waals surface area contributed by atoms with E-state index in [4.69, 9.17) is 14.6 Å². The maximum Gasteiger partial charge on any atom is 0.336 e. The molecular formula is C15H21NO5. The summed E-state index contributed by atoms with van der Waals surface area (Å²) in [7, 11) is 3.18. The maximum absolute atomic E-state index is 11.0. The van der Waals surface area contributed by atoms with Gasteiger partial charge in [-0.2, -0.15) is 0 Å². The van der Waals surface area contributed by atoms with Crippen molar-refractivity contribution < 1.29 is 24.5 Å². The number of hydrogen-bond acceptors (Lipinski definition) is 5. The van der Waals surface area contributed by atoms with Crippen molar-refractivity contribution in [2.24, 2.45) is 0 Å². The molecule has 0 fully saturated rings. The molecule has 1 aromatic rings. The Bertz CT molecular complexity index is 541. The molecule has 1 heterocycles. The van der Waals surface area contributed by atoms with E-state index in [0.29, 0.717) is 24.6 Å². The molecule has 1 unspecified atom stereocenters. The first kappa shape index (κ1) is 15.6. The van der Waals surface area contributed by atoms with Gasteiger partial charge in [0.25, 0.3) is 0 Å². The van der Waals surface area contributed by atoms with Gasteiger partial charge in [0.1, 0.15) is 0 Å². The van der Waals surface area contributed by atoms with Crippen molar-refractivity contribution in [3.63, 3.8) is 0 Å².